The normalized spacial score (nSPS) is 12.9. The summed E-state index contributed by atoms with van der Waals surface area (Å²) in [4.78, 5) is 2.06. The molecule has 114 valence electrons. The highest BCUT2D eigenvalue weighted by Gasteiger charge is 2.19. The number of benzene rings is 1. The van der Waals surface area contributed by atoms with Crippen molar-refractivity contribution < 1.29 is 5.11 Å². The Morgan fingerprint density at radius 1 is 1.24 bits per heavy atom. The molecule has 2 aromatic rings. The monoisotopic (exact) mass is 327 g/mol. The van der Waals surface area contributed by atoms with Crippen LogP contribution in [0, 0.1) is 0 Å². The largest absolute Gasteiger partial charge is 0.386 e. The highest BCUT2D eigenvalue weighted by Crippen LogP contribution is 2.28. The van der Waals surface area contributed by atoms with Gasteiger partial charge >= 0.3 is 0 Å². The second-order valence-electron chi connectivity index (χ2n) is 5.22. The zero-order chi connectivity index (χ0) is 15.4. The van der Waals surface area contributed by atoms with Gasteiger partial charge in [-0.25, -0.2) is 0 Å². The SMILES string of the molecule is CN(C)CCn1ncc(Cl)c1C(O)Cc1ccccc1Cl. The second kappa shape index (κ2) is 7.27. The third-order valence-electron chi connectivity index (χ3n) is 3.28. The van der Waals surface area contributed by atoms with Gasteiger partial charge in [0.15, 0.2) is 0 Å². The summed E-state index contributed by atoms with van der Waals surface area (Å²) >= 11 is 12.3. The maximum atomic E-state index is 10.5. The van der Waals surface area contributed by atoms with Crippen molar-refractivity contribution in [1.82, 2.24) is 14.7 Å². The van der Waals surface area contributed by atoms with Gasteiger partial charge in [0.05, 0.1) is 23.5 Å². The molecule has 1 unspecified atom stereocenters. The molecular weight excluding hydrogens is 309 g/mol. The van der Waals surface area contributed by atoms with Crippen LogP contribution in [-0.4, -0.2) is 40.4 Å². The number of aromatic nitrogens is 2. The minimum absolute atomic E-state index is 0.410. The van der Waals surface area contributed by atoms with Crippen LogP contribution in [0.1, 0.15) is 17.4 Å². The molecule has 0 saturated carbocycles. The predicted molar refractivity (Wildman–Crippen MR) is 85.9 cm³/mol. The zero-order valence-corrected chi connectivity index (χ0v) is 13.6. The van der Waals surface area contributed by atoms with E-state index in [4.69, 9.17) is 23.2 Å². The van der Waals surface area contributed by atoms with Gasteiger partial charge in [0.25, 0.3) is 0 Å². The van der Waals surface area contributed by atoms with Crippen molar-refractivity contribution in [3.63, 3.8) is 0 Å². The van der Waals surface area contributed by atoms with Gasteiger partial charge in [0.2, 0.25) is 0 Å². The summed E-state index contributed by atoms with van der Waals surface area (Å²) in [6.45, 7) is 1.50. The molecule has 4 nitrogen and oxygen atoms in total. The molecule has 0 spiro atoms. The van der Waals surface area contributed by atoms with Crippen molar-refractivity contribution in [2.24, 2.45) is 0 Å². The van der Waals surface area contributed by atoms with Crippen molar-refractivity contribution in [3.8, 4) is 0 Å². The molecule has 1 aromatic heterocycles. The summed E-state index contributed by atoms with van der Waals surface area (Å²) in [6, 6.07) is 7.49. The van der Waals surface area contributed by atoms with E-state index in [2.05, 4.69) is 10.00 Å². The van der Waals surface area contributed by atoms with Crippen LogP contribution in [0.4, 0.5) is 0 Å². The van der Waals surface area contributed by atoms with Crippen molar-refractivity contribution in [2.45, 2.75) is 19.1 Å². The van der Waals surface area contributed by atoms with Crippen molar-refractivity contribution in [2.75, 3.05) is 20.6 Å². The first-order valence-electron chi connectivity index (χ1n) is 6.76. The molecule has 0 aliphatic rings. The van der Waals surface area contributed by atoms with Crippen LogP contribution in [0.5, 0.6) is 0 Å². The molecule has 6 heteroatoms. The molecule has 1 heterocycles. The third kappa shape index (κ3) is 4.20. The number of nitrogens with zero attached hydrogens (tertiary/aromatic N) is 3. The summed E-state index contributed by atoms with van der Waals surface area (Å²) in [5, 5.41) is 15.9. The quantitative estimate of drug-likeness (QED) is 0.886. The lowest BCUT2D eigenvalue weighted by Crippen LogP contribution is -2.21. The fourth-order valence-electron chi connectivity index (χ4n) is 2.15. The number of rotatable bonds is 6. The van der Waals surface area contributed by atoms with E-state index in [0.29, 0.717) is 28.7 Å². The molecule has 0 saturated heterocycles. The highest BCUT2D eigenvalue weighted by atomic mass is 35.5. The fourth-order valence-corrected chi connectivity index (χ4v) is 2.63. The first kappa shape index (κ1) is 16.3. The topological polar surface area (TPSA) is 41.3 Å². The van der Waals surface area contributed by atoms with Crippen LogP contribution >= 0.6 is 23.2 Å². The standard InChI is InChI=1S/C15H19Cl2N3O/c1-19(2)7-8-20-15(13(17)10-18-20)14(21)9-11-5-3-4-6-12(11)16/h3-6,10,14,21H,7-9H2,1-2H3. The van der Waals surface area contributed by atoms with Crippen LogP contribution in [0.15, 0.2) is 30.5 Å². The lowest BCUT2D eigenvalue weighted by atomic mass is 10.1. The first-order chi connectivity index (χ1) is 9.99. The van der Waals surface area contributed by atoms with E-state index in [1.54, 1.807) is 10.9 Å². The minimum Gasteiger partial charge on any atom is -0.386 e. The zero-order valence-electron chi connectivity index (χ0n) is 12.1. The van der Waals surface area contributed by atoms with Gasteiger partial charge in [-0.1, -0.05) is 41.4 Å². The summed E-state index contributed by atoms with van der Waals surface area (Å²) < 4.78 is 1.75. The van der Waals surface area contributed by atoms with E-state index in [9.17, 15) is 5.11 Å². The molecule has 1 aromatic carbocycles. The molecule has 0 bridgehead atoms. The Labute approximate surface area is 134 Å². The Morgan fingerprint density at radius 3 is 2.62 bits per heavy atom. The molecule has 2 rings (SSSR count). The number of hydrogen-bond donors (Lipinski definition) is 1. The first-order valence-corrected chi connectivity index (χ1v) is 7.52. The smallest absolute Gasteiger partial charge is 0.101 e. The van der Waals surface area contributed by atoms with Gasteiger partial charge in [-0.05, 0) is 25.7 Å². The summed E-state index contributed by atoms with van der Waals surface area (Å²) in [7, 11) is 3.98. The Bertz CT molecular complexity index is 598. The molecule has 0 radical (unpaired) electrons. The lowest BCUT2D eigenvalue weighted by molar-refractivity contribution is 0.165. The molecule has 0 aliphatic heterocycles. The number of halogens is 2. The number of hydrogen-bond acceptors (Lipinski definition) is 3. The van der Waals surface area contributed by atoms with Gasteiger partial charge in [0.1, 0.15) is 6.10 Å². The average molecular weight is 328 g/mol. The number of likely N-dealkylation sites (N-methyl/N-ethyl adjacent to an activating group) is 1. The molecule has 1 atom stereocenters. The van der Waals surface area contributed by atoms with Crippen molar-refractivity contribution in [3.05, 3.63) is 51.8 Å². The van der Waals surface area contributed by atoms with E-state index in [1.807, 2.05) is 38.4 Å². The van der Waals surface area contributed by atoms with Gasteiger partial charge in [0, 0.05) is 18.0 Å². The second-order valence-corrected chi connectivity index (χ2v) is 6.03. The Morgan fingerprint density at radius 2 is 1.95 bits per heavy atom. The molecule has 1 N–H and O–H groups in total. The van der Waals surface area contributed by atoms with Crippen LogP contribution < -0.4 is 0 Å². The van der Waals surface area contributed by atoms with Crippen LogP contribution in [0.3, 0.4) is 0 Å². The van der Waals surface area contributed by atoms with E-state index >= 15 is 0 Å². The van der Waals surface area contributed by atoms with E-state index in [1.165, 1.54) is 0 Å². The predicted octanol–water partition coefficient (Wildman–Crippen LogP) is 3.03. The maximum absolute atomic E-state index is 10.5. The van der Waals surface area contributed by atoms with Crippen LogP contribution in [0.25, 0.3) is 0 Å². The average Bonchev–Trinajstić information content (AvgIpc) is 2.80. The Hall–Kier alpha value is -1.07. The Kier molecular flexibility index (Phi) is 5.65. The fraction of sp³-hybridized carbons (Fsp3) is 0.400. The molecule has 0 fully saturated rings. The van der Waals surface area contributed by atoms with E-state index in [-0.39, 0.29) is 0 Å². The molecule has 0 aliphatic carbocycles. The summed E-state index contributed by atoms with van der Waals surface area (Å²) in [5.74, 6) is 0. The molecular formula is C15H19Cl2N3O. The minimum atomic E-state index is -0.734. The number of aliphatic hydroxyl groups excluding tert-OH is 1. The van der Waals surface area contributed by atoms with E-state index < -0.39 is 6.10 Å². The third-order valence-corrected chi connectivity index (χ3v) is 3.94. The van der Waals surface area contributed by atoms with Crippen molar-refractivity contribution >= 4 is 23.2 Å². The van der Waals surface area contributed by atoms with Gasteiger partial charge in [-0.2, -0.15) is 5.10 Å². The number of aliphatic hydroxyl groups is 1. The van der Waals surface area contributed by atoms with Gasteiger partial charge in [-0.15, -0.1) is 0 Å². The lowest BCUT2D eigenvalue weighted by Gasteiger charge is -2.16. The van der Waals surface area contributed by atoms with Gasteiger partial charge in [-0.3, -0.25) is 4.68 Å². The van der Waals surface area contributed by atoms with Gasteiger partial charge < -0.3 is 10.0 Å². The van der Waals surface area contributed by atoms with Crippen LogP contribution in [-0.2, 0) is 13.0 Å². The Balaban J connectivity index is 2.17. The summed E-state index contributed by atoms with van der Waals surface area (Å²) in [5.41, 5.74) is 1.53. The maximum Gasteiger partial charge on any atom is 0.101 e. The van der Waals surface area contributed by atoms with Crippen molar-refractivity contribution in [1.29, 1.82) is 0 Å². The van der Waals surface area contributed by atoms with Crippen LogP contribution in [0.2, 0.25) is 10.0 Å². The summed E-state index contributed by atoms with van der Waals surface area (Å²) in [6.07, 6.45) is 1.25. The molecule has 0 amide bonds. The molecule has 21 heavy (non-hydrogen) atoms. The highest BCUT2D eigenvalue weighted by molar-refractivity contribution is 6.31. The van der Waals surface area contributed by atoms with E-state index in [0.717, 1.165) is 12.1 Å².